The molecule has 2 bridgehead atoms. The van der Waals surface area contributed by atoms with Gasteiger partial charge in [0.1, 0.15) is 5.75 Å². The maximum Gasteiger partial charge on any atom is 0.416 e. The molecule has 208 valence electrons. The van der Waals surface area contributed by atoms with Crippen molar-refractivity contribution in [2.45, 2.75) is 33.1 Å². The van der Waals surface area contributed by atoms with Gasteiger partial charge in [-0.15, -0.1) is 0 Å². The van der Waals surface area contributed by atoms with Crippen LogP contribution < -0.4 is 19.9 Å². The molecule has 1 amide bonds. The van der Waals surface area contributed by atoms with Gasteiger partial charge in [0.25, 0.3) is 0 Å². The van der Waals surface area contributed by atoms with Crippen molar-refractivity contribution >= 4 is 28.9 Å². The minimum absolute atomic E-state index is 0.0367. The van der Waals surface area contributed by atoms with Crippen molar-refractivity contribution in [3.05, 3.63) is 107 Å². The van der Waals surface area contributed by atoms with Crippen LogP contribution in [0.1, 0.15) is 39.5 Å². The van der Waals surface area contributed by atoms with Crippen LogP contribution in [0.5, 0.6) is 5.75 Å². The number of rotatable bonds is 4. The molecule has 0 atom stereocenters. The summed E-state index contributed by atoms with van der Waals surface area (Å²) in [5, 5.41) is 2.85. The molecule has 0 spiro atoms. The largest absolute Gasteiger partial charge is 0.423 e. The van der Waals surface area contributed by atoms with Gasteiger partial charge in [-0.25, -0.2) is 4.79 Å². The highest BCUT2D eigenvalue weighted by atomic mass is 19.4. The van der Waals surface area contributed by atoms with Gasteiger partial charge in [0.15, 0.2) is 0 Å². The molecule has 2 aliphatic heterocycles. The van der Waals surface area contributed by atoms with Crippen molar-refractivity contribution < 1.29 is 27.5 Å². The Morgan fingerprint density at radius 1 is 0.854 bits per heavy atom. The van der Waals surface area contributed by atoms with E-state index in [-0.39, 0.29) is 11.7 Å². The number of benzene rings is 4. The number of carbonyl (C=O) groups excluding carboxylic acids is 2. The monoisotopic (exact) mass is 557 g/mol. The van der Waals surface area contributed by atoms with Crippen LogP contribution in [0, 0.1) is 6.92 Å². The fourth-order valence-electron chi connectivity index (χ4n) is 5.61. The first-order valence-electron chi connectivity index (χ1n) is 13.1. The van der Waals surface area contributed by atoms with Gasteiger partial charge in [-0.3, -0.25) is 4.79 Å². The van der Waals surface area contributed by atoms with E-state index in [2.05, 4.69) is 27.2 Å². The molecule has 41 heavy (non-hydrogen) atoms. The first kappa shape index (κ1) is 26.4. The maximum atomic E-state index is 13.2. The molecule has 6 nitrogen and oxygen atoms in total. The lowest BCUT2D eigenvalue weighted by atomic mass is 9.92. The number of nitrogens with one attached hydrogen (secondary N) is 1. The molecule has 9 heteroatoms. The number of halogens is 3. The number of carbonyl (C=O) groups is 2. The Morgan fingerprint density at radius 2 is 1.51 bits per heavy atom. The van der Waals surface area contributed by atoms with E-state index in [4.69, 9.17) is 4.74 Å². The van der Waals surface area contributed by atoms with Gasteiger partial charge in [0.05, 0.1) is 17.8 Å². The second kappa shape index (κ2) is 9.99. The summed E-state index contributed by atoms with van der Waals surface area (Å²) in [7, 11) is 0. The summed E-state index contributed by atoms with van der Waals surface area (Å²) < 4.78 is 44.3. The van der Waals surface area contributed by atoms with Gasteiger partial charge in [-0.05, 0) is 95.4 Å². The van der Waals surface area contributed by atoms with Gasteiger partial charge < -0.3 is 19.9 Å². The predicted molar refractivity (Wildman–Crippen MR) is 151 cm³/mol. The normalized spacial score (nSPS) is 13.8. The van der Waals surface area contributed by atoms with E-state index in [9.17, 15) is 22.8 Å². The number of nitrogens with zero attached hydrogens (tertiary/aromatic N) is 2. The second-order valence-corrected chi connectivity index (χ2v) is 10.3. The highest BCUT2D eigenvalue weighted by molar-refractivity contribution is 5.99. The van der Waals surface area contributed by atoms with E-state index in [0.29, 0.717) is 24.2 Å². The molecule has 2 aliphatic rings. The Hall–Kier alpha value is -4.79. The number of ether oxygens (including phenoxy) is 1. The standard InChI is InChI=1S/C32H26F3N3O3/c1-19-4-3-5-27(31(40)41-26-10-7-24(8-11-26)32(33,34)35)30(19)21-6-12-28-22(14-21)16-37-18-38(28)17-23-15-25(36-20(2)39)9-13-29(23)37/h3-15H,16-18H2,1-2H3,(H,36,39). The Labute approximate surface area is 235 Å². The summed E-state index contributed by atoms with van der Waals surface area (Å²) in [6.07, 6.45) is -4.47. The molecule has 0 aromatic heterocycles. The lowest BCUT2D eigenvalue weighted by molar-refractivity contribution is -0.137. The number of esters is 1. The number of hydrogen-bond acceptors (Lipinski definition) is 5. The van der Waals surface area contributed by atoms with Crippen LogP contribution >= 0.6 is 0 Å². The van der Waals surface area contributed by atoms with Crippen LogP contribution in [-0.2, 0) is 24.1 Å². The fourth-order valence-corrected chi connectivity index (χ4v) is 5.61. The predicted octanol–water partition coefficient (Wildman–Crippen LogP) is 7.16. The van der Waals surface area contributed by atoms with Gasteiger partial charge in [0.2, 0.25) is 5.91 Å². The third kappa shape index (κ3) is 5.11. The number of anilines is 3. The van der Waals surface area contributed by atoms with Crippen LogP contribution in [0.15, 0.2) is 78.9 Å². The topological polar surface area (TPSA) is 61.9 Å². The lowest BCUT2D eigenvalue weighted by Gasteiger charge is -2.45. The number of aryl methyl sites for hydroxylation is 1. The molecule has 0 radical (unpaired) electrons. The van der Waals surface area contributed by atoms with E-state index in [1.54, 1.807) is 12.1 Å². The Bertz CT molecular complexity index is 1680. The zero-order valence-electron chi connectivity index (χ0n) is 22.4. The summed E-state index contributed by atoms with van der Waals surface area (Å²) >= 11 is 0. The SMILES string of the molecule is CC(=O)Nc1ccc2c(c1)CN1CN2Cc2cc(-c3c(C)cccc3C(=O)Oc3ccc(C(F)(F)F)cc3)ccc21. The molecule has 4 aromatic rings. The zero-order chi connectivity index (χ0) is 28.9. The number of alkyl halides is 3. The zero-order valence-corrected chi connectivity index (χ0v) is 22.4. The molecular weight excluding hydrogens is 531 g/mol. The quantitative estimate of drug-likeness (QED) is 0.213. The number of hydrogen-bond donors (Lipinski definition) is 1. The Balaban J connectivity index is 1.29. The van der Waals surface area contributed by atoms with Gasteiger partial charge in [-0.1, -0.05) is 18.2 Å². The van der Waals surface area contributed by atoms with Crippen molar-refractivity contribution in [3.63, 3.8) is 0 Å². The van der Waals surface area contributed by atoms with E-state index in [0.717, 1.165) is 70.3 Å². The molecule has 1 N–H and O–H groups in total. The van der Waals surface area contributed by atoms with Gasteiger partial charge in [-0.2, -0.15) is 13.2 Å². The van der Waals surface area contributed by atoms with Gasteiger partial charge in [0, 0.05) is 37.1 Å². The van der Waals surface area contributed by atoms with Crippen molar-refractivity contribution in [1.29, 1.82) is 0 Å². The first-order valence-corrected chi connectivity index (χ1v) is 13.1. The Kier molecular flexibility index (Phi) is 6.44. The molecule has 0 unspecified atom stereocenters. The van der Waals surface area contributed by atoms with Crippen LogP contribution in [0.25, 0.3) is 11.1 Å². The maximum absolute atomic E-state index is 13.2. The third-order valence-electron chi connectivity index (χ3n) is 7.40. The molecular formula is C32H26F3N3O3. The minimum Gasteiger partial charge on any atom is -0.423 e. The summed E-state index contributed by atoms with van der Waals surface area (Å²) in [6, 6.07) is 21.5. The molecule has 0 fully saturated rings. The van der Waals surface area contributed by atoms with Crippen molar-refractivity contribution in [1.82, 2.24) is 0 Å². The highest BCUT2D eigenvalue weighted by Gasteiger charge is 2.31. The van der Waals surface area contributed by atoms with Crippen molar-refractivity contribution in [3.8, 4) is 16.9 Å². The molecule has 4 aromatic carbocycles. The van der Waals surface area contributed by atoms with Crippen LogP contribution in [0.3, 0.4) is 0 Å². The van der Waals surface area contributed by atoms with Gasteiger partial charge >= 0.3 is 12.1 Å². The van der Waals surface area contributed by atoms with Crippen LogP contribution in [-0.4, -0.2) is 18.5 Å². The minimum atomic E-state index is -4.47. The molecule has 2 heterocycles. The summed E-state index contributed by atoms with van der Waals surface area (Å²) in [6.45, 7) is 5.51. The van der Waals surface area contributed by atoms with E-state index >= 15 is 0 Å². The van der Waals surface area contributed by atoms with Crippen LogP contribution in [0.2, 0.25) is 0 Å². The fraction of sp³-hybridized carbons (Fsp3) is 0.188. The van der Waals surface area contributed by atoms with E-state index < -0.39 is 17.7 Å². The third-order valence-corrected chi connectivity index (χ3v) is 7.40. The molecule has 0 saturated carbocycles. The molecule has 0 aliphatic carbocycles. The average molecular weight is 558 g/mol. The highest BCUT2D eigenvalue weighted by Crippen LogP contribution is 2.41. The van der Waals surface area contributed by atoms with E-state index in [1.807, 2.05) is 37.3 Å². The summed E-state index contributed by atoms with van der Waals surface area (Å²) in [5.74, 6) is -0.720. The van der Waals surface area contributed by atoms with E-state index in [1.165, 1.54) is 6.92 Å². The smallest absolute Gasteiger partial charge is 0.416 e. The Morgan fingerprint density at radius 3 is 2.17 bits per heavy atom. The summed E-state index contributed by atoms with van der Waals surface area (Å²) in [4.78, 5) is 29.3. The van der Waals surface area contributed by atoms with Crippen molar-refractivity contribution in [2.75, 3.05) is 21.8 Å². The second-order valence-electron chi connectivity index (χ2n) is 10.3. The summed E-state index contributed by atoms with van der Waals surface area (Å²) in [5.41, 5.74) is 7.18. The first-order chi connectivity index (χ1) is 19.6. The number of fused-ring (bicyclic) bond motifs is 6. The van der Waals surface area contributed by atoms with Crippen LogP contribution in [0.4, 0.5) is 30.2 Å². The lowest BCUT2D eigenvalue weighted by Crippen LogP contribution is -2.46. The molecule has 0 saturated heterocycles. The number of amides is 1. The van der Waals surface area contributed by atoms with Crippen molar-refractivity contribution in [2.24, 2.45) is 0 Å². The average Bonchev–Trinajstić information content (AvgIpc) is 2.92. The molecule has 6 rings (SSSR count).